The number of carbonyl (C=O) groups excluding carboxylic acids is 2. The molecule has 1 atom stereocenters. The average Bonchev–Trinajstić information content (AvgIpc) is 2.58. The Morgan fingerprint density at radius 1 is 1.04 bits per heavy atom. The first kappa shape index (κ1) is 16.3. The monoisotopic (exact) mass is 311 g/mol. The minimum absolute atomic E-state index is 0.534. The third-order valence-corrected chi connectivity index (χ3v) is 3.12. The molecule has 5 heteroatoms. The second kappa shape index (κ2) is 7.79. The molecule has 0 heterocycles. The number of amides is 1. The predicted octanol–water partition coefficient (Wildman–Crippen LogP) is 2.48. The molecule has 1 unspecified atom stereocenters. The molecule has 1 amide bonds. The van der Waals surface area contributed by atoms with Gasteiger partial charge in [0.05, 0.1) is 7.11 Å². The van der Waals surface area contributed by atoms with Crippen molar-refractivity contribution in [2.75, 3.05) is 7.11 Å². The molecule has 0 spiro atoms. The highest BCUT2D eigenvalue weighted by Crippen LogP contribution is 2.17. The number of benzene rings is 2. The molecule has 0 saturated heterocycles. The van der Waals surface area contributed by atoms with Gasteiger partial charge >= 0.3 is 5.97 Å². The summed E-state index contributed by atoms with van der Waals surface area (Å²) in [6, 6.07) is 15.8. The maximum absolute atomic E-state index is 11.9. The van der Waals surface area contributed by atoms with E-state index in [2.05, 4.69) is 0 Å². The zero-order chi connectivity index (χ0) is 16.7. The summed E-state index contributed by atoms with van der Waals surface area (Å²) >= 11 is 0. The highest BCUT2D eigenvalue weighted by atomic mass is 16.5. The maximum Gasteiger partial charge on any atom is 0.331 e. The second-order valence-corrected chi connectivity index (χ2v) is 4.74. The molecule has 0 aliphatic carbocycles. The van der Waals surface area contributed by atoms with Crippen molar-refractivity contribution in [3.05, 3.63) is 71.8 Å². The summed E-state index contributed by atoms with van der Waals surface area (Å²) < 4.78 is 10.2. The van der Waals surface area contributed by atoms with E-state index in [-0.39, 0.29) is 0 Å². The number of rotatable bonds is 6. The zero-order valence-corrected chi connectivity index (χ0v) is 12.6. The van der Waals surface area contributed by atoms with Crippen LogP contribution in [-0.2, 0) is 14.3 Å². The normalized spacial score (nSPS) is 11.9. The molecule has 2 aromatic carbocycles. The first-order chi connectivity index (χ1) is 11.1. The lowest BCUT2D eigenvalue weighted by molar-refractivity contribution is -0.150. The van der Waals surface area contributed by atoms with E-state index < -0.39 is 18.0 Å². The van der Waals surface area contributed by atoms with E-state index in [4.69, 9.17) is 15.2 Å². The fourth-order valence-corrected chi connectivity index (χ4v) is 1.95. The number of methoxy groups -OCH3 is 1. The summed E-state index contributed by atoms with van der Waals surface area (Å²) in [6.07, 6.45) is 1.73. The van der Waals surface area contributed by atoms with E-state index in [1.165, 1.54) is 6.08 Å². The molecule has 5 nitrogen and oxygen atoms in total. The van der Waals surface area contributed by atoms with E-state index in [9.17, 15) is 9.59 Å². The Morgan fingerprint density at radius 3 is 2.26 bits per heavy atom. The summed E-state index contributed by atoms with van der Waals surface area (Å²) in [4.78, 5) is 23.4. The summed E-state index contributed by atoms with van der Waals surface area (Å²) in [7, 11) is 1.58. The Morgan fingerprint density at radius 2 is 1.70 bits per heavy atom. The molecule has 2 rings (SSSR count). The van der Waals surface area contributed by atoms with Gasteiger partial charge in [0.25, 0.3) is 5.91 Å². The number of hydrogen-bond donors (Lipinski definition) is 1. The first-order valence-electron chi connectivity index (χ1n) is 6.97. The summed E-state index contributed by atoms with van der Waals surface area (Å²) in [6.45, 7) is 0. The van der Waals surface area contributed by atoms with Crippen LogP contribution in [0.4, 0.5) is 0 Å². The standard InChI is InChI=1S/C18H17NO4/c1-22-15-10-7-13(8-11-15)9-12-16(20)23-17(18(19)21)14-5-3-2-4-6-14/h2-12,17H,1H3,(H2,19,21)/b12-9+. The fourth-order valence-electron chi connectivity index (χ4n) is 1.95. The van der Waals surface area contributed by atoms with E-state index in [1.807, 2.05) is 0 Å². The van der Waals surface area contributed by atoms with Gasteiger partial charge in [-0.1, -0.05) is 42.5 Å². The van der Waals surface area contributed by atoms with E-state index >= 15 is 0 Å². The number of primary amides is 1. The third kappa shape index (κ3) is 4.71. The smallest absolute Gasteiger partial charge is 0.331 e. The Labute approximate surface area is 134 Å². The van der Waals surface area contributed by atoms with Crippen LogP contribution >= 0.6 is 0 Å². The Kier molecular flexibility index (Phi) is 5.52. The van der Waals surface area contributed by atoms with Crippen LogP contribution in [-0.4, -0.2) is 19.0 Å². The molecule has 23 heavy (non-hydrogen) atoms. The number of esters is 1. The van der Waals surface area contributed by atoms with E-state index in [0.29, 0.717) is 5.56 Å². The van der Waals surface area contributed by atoms with Crippen molar-refractivity contribution in [2.24, 2.45) is 5.73 Å². The predicted molar refractivity (Wildman–Crippen MR) is 86.5 cm³/mol. The lowest BCUT2D eigenvalue weighted by atomic mass is 10.1. The molecule has 0 aliphatic heterocycles. The van der Waals surface area contributed by atoms with Crippen molar-refractivity contribution < 1.29 is 19.1 Å². The van der Waals surface area contributed by atoms with E-state index in [1.54, 1.807) is 67.8 Å². The highest BCUT2D eigenvalue weighted by Gasteiger charge is 2.21. The molecule has 118 valence electrons. The number of hydrogen-bond acceptors (Lipinski definition) is 4. The van der Waals surface area contributed by atoms with Crippen LogP contribution in [0.15, 0.2) is 60.7 Å². The van der Waals surface area contributed by atoms with Crippen molar-refractivity contribution in [1.82, 2.24) is 0 Å². The highest BCUT2D eigenvalue weighted by molar-refractivity contribution is 5.90. The van der Waals surface area contributed by atoms with Crippen molar-refractivity contribution in [3.63, 3.8) is 0 Å². The van der Waals surface area contributed by atoms with Crippen molar-refractivity contribution >= 4 is 18.0 Å². The summed E-state index contributed by atoms with van der Waals surface area (Å²) in [5.41, 5.74) is 6.64. The largest absolute Gasteiger partial charge is 0.497 e. The van der Waals surface area contributed by atoms with Crippen LogP contribution < -0.4 is 10.5 Å². The third-order valence-electron chi connectivity index (χ3n) is 3.12. The Hall–Kier alpha value is -3.08. The summed E-state index contributed by atoms with van der Waals surface area (Å²) in [5.74, 6) is -0.640. The van der Waals surface area contributed by atoms with Gasteiger partial charge in [-0.15, -0.1) is 0 Å². The molecule has 0 aromatic heterocycles. The van der Waals surface area contributed by atoms with Crippen LogP contribution in [0.25, 0.3) is 6.08 Å². The van der Waals surface area contributed by atoms with Gasteiger partial charge in [-0.3, -0.25) is 4.79 Å². The molecular formula is C18H17NO4. The Balaban J connectivity index is 2.04. The lowest BCUT2D eigenvalue weighted by Crippen LogP contribution is -2.25. The van der Waals surface area contributed by atoms with Crippen molar-refractivity contribution in [3.8, 4) is 5.75 Å². The molecule has 0 bridgehead atoms. The van der Waals surface area contributed by atoms with Gasteiger partial charge in [0.15, 0.2) is 0 Å². The fraction of sp³-hybridized carbons (Fsp3) is 0.111. The molecule has 2 N–H and O–H groups in total. The topological polar surface area (TPSA) is 78.6 Å². The maximum atomic E-state index is 11.9. The molecule has 2 aromatic rings. The molecule has 0 aliphatic rings. The van der Waals surface area contributed by atoms with Gasteiger partial charge < -0.3 is 15.2 Å². The van der Waals surface area contributed by atoms with Crippen LogP contribution in [0.1, 0.15) is 17.2 Å². The lowest BCUT2D eigenvalue weighted by Gasteiger charge is -2.13. The SMILES string of the molecule is COc1ccc(/C=C/C(=O)OC(C(N)=O)c2ccccc2)cc1. The van der Waals surface area contributed by atoms with Crippen molar-refractivity contribution in [2.45, 2.75) is 6.10 Å². The Bertz CT molecular complexity index is 693. The van der Waals surface area contributed by atoms with E-state index in [0.717, 1.165) is 11.3 Å². The zero-order valence-electron chi connectivity index (χ0n) is 12.6. The van der Waals surface area contributed by atoms with Gasteiger partial charge in [0.2, 0.25) is 6.10 Å². The molecular weight excluding hydrogens is 294 g/mol. The van der Waals surface area contributed by atoms with Gasteiger partial charge in [0, 0.05) is 11.6 Å². The molecule has 0 radical (unpaired) electrons. The number of nitrogens with two attached hydrogens (primary N) is 1. The number of ether oxygens (including phenoxy) is 2. The van der Waals surface area contributed by atoms with Crippen LogP contribution in [0.5, 0.6) is 5.75 Å². The van der Waals surface area contributed by atoms with Gasteiger partial charge in [-0.25, -0.2) is 4.79 Å². The molecule has 0 fully saturated rings. The van der Waals surface area contributed by atoms with Gasteiger partial charge in [-0.2, -0.15) is 0 Å². The van der Waals surface area contributed by atoms with Crippen LogP contribution in [0.2, 0.25) is 0 Å². The van der Waals surface area contributed by atoms with Crippen LogP contribution in [0, 0.1) is 0 Å². The van der Waals surface area contributed by atoms with Crippen molar-refractivity contribution in [1.29, 1.82) is 0 Å². The quantitative estimate of drug-likeness (QED) is 0.656. The minimum atomic E-state index is -1.11. The van der Waals surface area contributed by atoms with Crippen LogP contribution in [0.3, 0.4) is 0 Å². The molecule has 0 saturated carbocycles. The van der Waals surface area contributed by atoms with Gasteiger partial charge in [-0.05, 0) is 23.8 Å². The first-order valence-corrected chi connectivity index (χ1v) is 6.97. The second-order valence-electron chi connectivity index (χ2n) is 4.74. The summed E-state index contributed by atoms with van der Waals surface area (Å²) in [5, 5.41) is 0. The minimum Gasteiger partial charge on any atom is -0.497 e. The van der Waals surface area contributed by atoms with Gasteiger partial charge in [0.1, 0.15) is 5.75 Å². The average molecular weight is 311 g/mol. The number of carbonyl (C=O) groups is 2.